The third-order valence-corrected chi connectivity index (χ3v) is 10.4. The van der Waals surface area contributed by atoms with E-state index >= 15 is 0 Å². The second kappa shape index (κ2) is 18.4. The Morgan fingerprint density at radius 1 is 0.902 bits per heavy atom. The molecule has 2 atom stereocenters. The van der Waals surface area contributed by atoms with Crippen molar-refractivity contribution in [2.75, 3.05) is 26.7 Å². The lowest BCUT2D eigenvalue weighted by atomic mass is 9.98. The molecule has 2 aromatic heterocycles. The number of aromatic nitrogens is 4. The lowest BCUT2D eigenvalue weighted by Crippen LogP contribution is -2.41. The van der Waals surface area contributed by atoms with Crippen LogP contribution in [-0.2, 0) is 25.7 Å². The molecule has 316 valence electrons. The van der Waals surface area contributed by atoms with Crippen LogP contribution < -0.4 is 15.4 Å². The number of hydrogen-bond acceptors (Lipinski definition) is 8. The minimum absolute atomic E-state index is 0.105. The highest BCUT2D eigenvalue weighted by molar-refractivity contribution is 5.91. The largest absolute Gasteiger partial charge is 0.573 e. The number of hydrogen-bond donors (Lipinski definition) is 4. The quantitative estimate of drug-likeness (QED) is 0.0773. The number of carbonyl (C=O) groups is 4. The molecule has 0 bridgehead atoms. The average Bonchev–Trinajstić information content (AvgIpc) is 4.06. The normalized spacial score (nSPS) is 14.4. The van der Waals surface area contributed by atoms with Gasteiger partial charge in [-0.1, -0.05) is 67.6 Å². The fourth-order valence-corrected chi connectivity index (χ4v) is 7.49. The first-order valence-corrected chi connectivity index (χ1v) is 19.6. The topological polar surface area (TPSA) is 175 Å². The van der Waals surface area contributed by atoms with Crippen LogP contribution in [-0.4, -0.2) is 87.2 Å². The third kappa shape index (κ3) is 10.0. The molecule has 4 N–H and O–H groups in total. The molecule has 0 spiro atoms. The van der Waals surface area contributed by atoms with Crippen molar-refractivity contribution in [2.24, 2.45) is 0 Å². The van der Waals surface area contributed by atoms with Gasteiger partial charge in [-0.2, -0.15) is 0 Å². The van der Waals surface area contributed by atoms with Gasteiger partial charge in [0.25, 0.3) is 0 Å². The molecule has 1 aliphatic heterocycles. The first-order valence-electron chi connectivity index (χ1n) is 19.6. The van der Waals surface area contributed by atoms with E-state index in [0.29, 0.717) is 43.1 Å². The maximum absolute atomic E-state index is 13.7. The maximum Gasteiger partial charge on any atom is 0.573 e. The van der Waals surface area contributed by atoms with E-state index in [1.807, 2.05) is 31.2 Å². The summed E-state index contributed by atoms with van der Waals surface area (Å²) in [4.78, 5) is 68.5. The van der Waals surface area contributed by atoms with Gasteiger partial charge in [-0.25, -0.2) is 14.8 Å². The van der Waals surface area contributed by atoms with Gasteiger partial charge >= 0.3 is 12.5 Å². The SMILES string of the molecule is CCCN(Cc1ncc(-c2ccc3cc(-c4ccc(-c5cnc([C@@H]6CCCN6C(=O)CNC(=O)OC)[nH]5)cc4)ccc3c2)[nH]1)C(=O)C(NC=O)c1ccc(OC(F)(F)F)cc1. The van der Waals surface area contributed by atoms with Crippen molar-refractivity contribution in [1.29, 1.82) is 0 Å². The molecular weight excluding hydrogens is 794 g/mol. The van der Waals surface area contributed by atoms with Gasteiger partial charge in [0.15, 0.2) is 0 Å². The van der Waals surface area contributed by atoms with Crippen LogP contribution in [0.15, 0.2) is 97.3 Å². The van der Waals surface area contributed by atoms with Crippen LogP contribution in [0, 0.1) is 0 Å². The van der Waals surface area contributed by atoms with Crippen LogP contribution in [0.25, 0.3) is 44.4 Å². The van der Waals surface area contributed by atoms with Crippen molar-refractivity contribution in [2.45, 2.75) is 51.2 Å². The molecule has 6 aromatic rings. The number of benzene rings is 4. The standard InChI is InChI=1S/C44H43F3N8O6/c1-3-18-54(42(58)40(51-26-56)29-14-16-34(17-15-29)61-44(45,46)47)25-38-48-22-36(52-38)33-13-12-31-20-30(10-11-32(31)21-33)27-6-8-28(9-7-27)35-23-49-41(53-35)37-5-4-19-55(37)39(57)24-50-43(59)60-2/h6-17,20-23,26,37,40H,3-5,18-19,24-25H2,1-2H3,(H,48,52)(H,49,53)(H,50,59)(H,51,56)/t37-,40?/m0/s1. The monoisotopic (exact) mass is 836 g/mol. The number of aromatic amines is 2. The molecule has 0 radical (unpaired) electrons. The number of methoxy groups -OCH3 is 1. The van der Waals surface area contributed by atoms with Crippen LogP contribution in [0.1, 0.15) is 55.5 Å². The summed E-state index contributed by atoms with van der Waals surface area (Å²) in [6, 6.07) is 23.9. The Hall–Kier alpha value is -7.17. The van der Waals surface area contributed by atoms with E-state index in [4.69, 9.17) is 0 Å². The van der Waals surface area contributed by atoms with Crippen LogP contribution in [0.2, 0.25) is 0 Å². The molecule has 0 saturated carbocycles. The lowest BCUT2D eigenvalue weighted by molar-refractivity contribution is -0.274. The number of carbonyl (C=O) groups excluding carboxylic acids is 4. The number of likely N-dealkylation sites (tertiary alicyclic amines) is 1. The zero-order valence-corrected chi connectivity index (χ0v) is 33.3. The van der Waals surface area contributed by atoms with Crippen LogP contribution in [0.5, 0.6) is 5.75 Å². The van der Waals surface area contributed by atoms with E-state index in [9.17, 15) is 32.3 Å². The summed E-state index contributed by atoms with van der Waals surface area (Å²) in [5.41, 5.74) is 5.77. The fraction of sp³-hybridized carbons (Fsp3) is 0.273. The summed E-state index contributed by atoms with van der Waals surface area (Å²) in [7, 11) is 1.25. The number of nitrogens with one attached hydrogen (secondary N) is 4. The van der Waals surface area contributed by atoms with E-state index < -0.39 is 30.2 Å². The highest BCUT2D eigenvalue weighted by Gasteiger charge is 2.33. The van der Waals surface area contributed by atoms with Crippen molar-refractivity contribution < 1.29 is 41.8 Å². The lowest BCUT2D eigenvalue weighted by Gasteiger charge is -2.26. The second-order valence-corrected chi connectivity index (χ2v) is 14.5. The van der Waals surface area contributed by atoms with Gasteiger partial charge in [-0.3, -0.25) is 14.4 Å². The van der Waals surface area contributed by atoms with Gasteiger partial charge in [0, 0.05) is 18.7 Å². The highest BCUT2D eigenvalue weighted by Crippen LogP contribution is 2.33. The molecule has 4 aromatic carbocycles. The van der Waals surface area contributed by atoms with Crippen molar-refractivity contribution in [1.82, 2.24) is 40.4 Å². The Labute approximate surface area is 348 Å². The van der Waals surface area contributed by atoms with Crippen molar-refractivity contribution >= 4 is 35.1 Å². The number of amides is 4. The van der Waals surface area contributed by atoms with E-state index in [-0.39, 0.29) is 25.0 Å². The summed E-state index contributed by atoms with van der Waals surface area (Å²) in [5.74, 6) is 0.124. The Bertz CT molecular complexity index is 2500. The first kappa shape index (κ1) is 42.0. The number of H-pyrrole nitrogens is 2. The van der Waals surface area contributed by atoms with Gasteiger partial charge in [0.1, 0.15) is 30.0 Å². The molecule has 1 saturated heterocycles. The molecule has 1 fully saturated rings. The van der Waals surface area contributed by atoms with Crippen molar-refractivity contribution in [3.8, 4) is 39.4 Å². The number of nitrogens with zero attached hydrogens (tertiary/aromatic N) is 4. The third-order valence-electron chi connectivity index (χ3n) is 10.4. The smallest absolute Gasteiger partial charge is 0.453 e. The number of alkyl halides is 3. The summed E-state index contributed by atoms with van der Waals surface area (Å²) in [6.45, 7) is 2.79. The molecule has 14 nitrogen and oxygen atoms in total. The number of rotatable bonds is 15. The minimum atomic E-state index is -4.86. The number of ether oxygens (including phenoxy) is 2. The van der Waals surface area contributed by atoms with E-state index in [1.165, 1.54) is 24.1 Å². The Kier molecular flexibility index (Phi) is 12.7. The van der Waals surface area contributed by atoms with Crippen LogP contribution in [0.4, 0.5) is 18.0 Å². The predicted molar refractivity (Wildman–Crippen MR) is 219 cm³/mol. The van der Waals surface area contributed by atoms with E-state index in [2.05, 4.69) is 76.4 Å². The van der Waals surface area contributed by atoms with Crippen molar-refractivity contribution in [3.05, 3.63) is 115 Å². The van der Waals surface area contributed by atoms with Gasteiger partial charge < -0.3 is 39.9 Å². The second-order valence-electron chi connectivity index (χ2n) is 14.5. The zero-order chi connectivity index (χ0) is 43.1. The van der Waals surface area contributed by atoms with Crippen molar-refractivity contribution in [3.63, 3.8) is 0 Å². The molecule has 0 aliphatic carbocycles. The molecule has 4 amide bonds. The summed E-state index contributed by atoms with van der Waals surface area (Å²) in [5, 5.41) is 6.99. The van der Waals surface area contributed by atoms with E-state index in [1.54, 1.807) is 17.3 Å². The van der Waals surface area contributed by atoms with Gasteiger partial charge in [0.05, 0.1) is 43.5 Å². The van der Waals surface area contributed by atoms with Crippen LogP contribution in [0.3, 0.4) is 0 Å². The highest BCUT2D eigenvalue weighted by atomic mass is 19.4. The van der Waals surface area contributed by atoms with Gasteiger partial charge in [0.2, 0.25) is 18.2 Å². The molecule has 1 unspecified atom stereocenters. The number of halogens is 3. The molecule has 61 heavy (non-hydrogen) atoms. The molecule has 7 rings (SSSR count). The summed E-state index contributed by atoms with van der Waals surface area (Å²) >= 11 is 0. The van der Waals surface area contributed by atoms with Gasteiger partial charge in [-0.05, 0) is 76.6 Å². The van der Waals surface area contributed by atoms with Gasteiger partial charge in [-0.15, -0.1) is 13.2 Å². The molecule has 3 heterocycles. The Morgan fingerprint density at radius 2 is 1.56 bits per heavy atom. The molecule has 1 aliphatic rings. The molecular formula is C44H43F3N8O6. The number of imidazole rings is 2. The summed E-state index contributed by atoms with van der Waals surface area (Å²) in [6.07, 6.45) is 0.533. The zero-order valence-electron chi connectivity index (χ0n) is 33.3. The Balaban J connectivity index is 1.00. The van der Waals surface area contributed by atoms with Crippen LogP contribution >= 0.6 is 0 Å². The number of fused-ring (bicyclic) bond motifs is 1. The minimum Gasteiger partial charge on any atom is -0.453 e. The fourth-order valence-electron chi connectivity index (χ4n) is 7.49. The predicted octanol–water partition coefficient (Wildman–Crippen LogP) is 7.43. The Morgan fingerprint density at radius 3 is 2.25 bits per heavy atom. The molecule has 17 heteroatoms. The van der Waals surface area contributed by atoms with E-state index in [0.717, 1.165) is 69.4 Å². The maximum atomic E-state index is 13.7. The first-order chi connectivity index (χ1) is 29.4. The average molecular weight is 837 g/mol. The number of alkyl carbamates (subject to hydrolysis) is 1. The summed E-state index contributed by atoms with van der Waals surface area (Å²) < 4.78 is 46.5.